The maximum Gasteiger partial charge on any atom is 2.00 e. The Morgan fingerprint density at radius 2 is 0.910 bits per heavy atom. The van der Waals surface area contributed by atoms with Crippen LogP contribution in [0.3, 0.4) is 0 Å². The molecule has 10 aromatic rings. The standard InChI is InChI=1S/C57H44N6O2.2Pd/c1-37(2)25-43-29-53(59-33-51(43)39-13-7-5-8-14-39)41-17-11-19-45(27-41)64-47-21-23-49-50-24-22-48(32-56(50)63(55(49)31-47)57-61-35-58-36-62-57)65-46-20-12-18-42(28-46)54-30-44(26-38(3)4)52(34-60-54)40-15-9-6-10-16-40;;/h5-24,29-30,33-38H,25-26H2,1-4H3;;/q-4;2*+2. The van der Waals surface area contributed by atoms with E-state index in [0.717, 1.165) is 68.4 Å². The van der Waals surface area contributed by atoms with Crippen molar-refractivity contribution in [2.75, 3.05) is 0 Å². The summed E-state index contributed by atoms with van der Waals surface area (Å²) in [6.07, 6.45) is 8.75. The quantitative estimate of drug-likeness (QED) is 0.0839. The Hall–Kier alpha value is -6.65. The maximum absolute atomic E-state index is 6.48. The van der Waals surface area contributed by atoms with Gasteiger partial charge in [-0.3, -0.25) is 0 Å². The minimum atomic E-state index is 0. The van der Waals surface area contributed by atoms with Gasteiger partial charge in [-0.15, -0.1) is 71.8 Å². The predicted molar refractivity (Wildman–Crippen MR) is 257 cm³/mol. The average molecular weight is 1060 g/mol. The van der Waals surface area contributed by atoms with Crippen molar-refractivity contribution in [1.82, 2.24) is 29.5 Å². The number of fused-ring (bicyclic) bond motifs is 3. The molecule has 0 atom stereocenters. The summed E-state index contributed by atoms with van der Waals surface area (Å²) < 4.78 is 14.9. The second-order valence-corrected chi connectivity index (χ2v) is 16.9. The monoisotopic (exact) mass is 1060 g/mol. The Balaban J connectivity index is 0.00000304. The first kappa shape index (κ1) is 46.9. The van der Waals surface area contributed by atoms with Crippen LogP contribution in [0, 0.1) is 36.1 Å². The molecule has 0 radical (unpaired) electrons. The predicted octanol–water partition coefficient (Wildman–Crippen LogP) is 13.6. The van der Waals surface area contributed by atoms with Crippen LogP contribution >= 0.6 is 0 Å². The average Bonchev–Trinajstić information content (AvgIpc) is 3.65. The molecule has 0 saturated carbocycles. The van der Waals surface area contributed by atoms with Crippen molar-refractivity contribution in [3.8, 4) is 73.7 Å². The van der Waals surface area contributed by atoms with Crippen LogP contribution in [0.4, 0.5) is 0 Å². The van der Waals surface area contributed by atoms with Crippen LogP contribution in [-0.2, 0) is 53.7 Å². The molecule has 10 rings (SSSR count). The molecular formula is C57H44N6O2Pd2. The minimum absolute atomic E-state index is 0. The molecule has 4 heterocycles. The van der Waals surface area contributed by atoms with Crippen LogP contribution in [0.5, 0.6) is 23.0 Å². The zero-order valence-corrected chi connectivity index (χ0v) is 40.3. The Labute approximate surface area is 418 Å². The number of rotatable bonds is 13. The van der Waals surface area contributed by atoms with Gasteiger partial charge in [-0.05, 0) is 58.3 Å². The van der Waals surface area contributed by atoms with Crippen LogP contribution in [0.2, 0.25) is 0 Å². The van der Waals surface area contributed by atoms with Gasteiger partial charge in [0.15, 0.2) is 0 Å². The molecule has 10 heteroatoms. The summed E-state index contributed by atoms with van der Waals surface area (Å²) in [5.74, 6) is 3.46. The number of nitrogens with zero attached hydrogens (tertiary/aromatic N) is 6. The van der Waals surface area contributed by atoms with Crippen LogP contribution in [0.15, 0.2) is 159 Å². The van der Waals surface area contributed by atoms with Gasteiger partial charge in [0.1, 0.15) is 12.7 Å². The summed E-state index contributed by atoms with van der Waals surface area (Å²) in [5.41, 5.74) is 11.9. The Morgan fingerprint density at radius 3 is 1.34 bits per heavy atom. The molecule has 0 aliphatic rings. The fraction of sp³-hybridized carbons (Fsp3) is 0.140. The van der Waals surface area contributed by atoms with Gasteiger partial charge in [0.2, 0.25) is 5.95 Å². The van der Waals surface area contributed by atoms with Gasteiger partial charge in [-0.2, -0.15) is 22.9 Å². The summed E-state index contributed by atoms with van der Waals surface area (Å²) in [5, 5.41) is 1.84. The van der Waals surface area contributed by atoms with Crippen LogP contribution in [0.1, 0.15) is 38.8 Å². The smallest absolute Gasteiger partial charge is 0.503 e. The number of hydrogen-bond acceptors (Lipinski definition) is 7. The van der Waals surface area contributed by atoms with Gasteiger partial charge in [0.05, 0.1) is 0 Å². The van der Waals surface area contributed by atoms with E-state index in [1.165, 1.54) is 23.8 Å². The fourth-order valence-corrected chi connectivity index (χ4v) is 8.31. The summed E-state index contributed by atoms with van der Waals surface area (Å²) in [7, 11) is 0. The molecule has 0 bridgehead atoms. The maximum atomic E-state index is 6.48. The molecule has 0 aliphatic heterocycles. The molecule has 0 fully saturated rings. The SMILES string of the molecule is CC(C)Cc1cc(-c2[c-]c(Oc3[c-]c4c(cc3)c3ccc(Oc5[c-]c(-c6cc(CC(C)C)c(-c7ccccc7)cn6)ccc5)[c-]c3n4-c3ncncn3)ccc2)ncc1-c1ccccc1.[Pd+2].[Pd+2]. The molecule has 334 valence electrons. The van der Waals surface area contributed by atoms with Crippen molar-refractivity contribution >= 4 is 21.8 Å². The molecule has 0 unspecified atom stereocenters. The number of ether oxygens (including phenoxy) is 2. The molecule has 6 aromatic carbocycles. The molecule has 0 aliphatic carbocycles. The topological polar surface area (TPSA) is 87.8 Å². The van der Waals surface area contributed by atoms with Crippen molar-refractivity contribution in [3.05, 3.63) is 194 Å². The Kier molecular flexibility index (Phi) is 14.6. The van der Waals surface area contributed by atoms with Crippen LogP contribution in [-0.4, -0.2) is 29.5 Å². The van der Waals surface area contributed by atoms with Crippen LogP contribution < -0.4 is 9.47 Å². The zero-order valence-electron chi connectivity index (χ0n) is 37.2. The third-order valence-electron chi connectivity index (χ3n) is 11.1. The second-order valence-electron chi connectivity index (χ2n) is 16.9. The van der Waals surface area contributed by atoms with E-state index in [1.54, 1.807) is 0 Å². The summed E-state index contributed by atoms with van der Waals surface area (Å²) >= 11 is 0. The fourth-order valence-electron chi connectivity index (χ4n) is 8.31. The number of benzene rings is 6. The van der Waals surface area contributed by atoms with Gasteiger partial charge in [-0.25, -0.2) is 15.0 Å². The van der Waals surface area contributed by atoms with Crippen molar-refractivity contribution in [3.63, 3.8) is 0 Å². The van der Waals surface area contributed by atoms with E-state index in [2.05, 4.69) is 128 Å². The van der Waals surface area contributed by atoms with Gasteiger partial charge < -0.3 is 24.0 Å². The first-order valence-electron chi connectivity index (χ1n) is 21.9. The number of hydrogen-bond donors (Lipinski definition) is 0. The first-order chi connectivity index (χ1) is 31.8. The molecule has 0 amide bonds. The zero-order chi connectivity index (χ0) is 44.3. The van der Waals surface area contributed by atoms with Gasteiger partial charge in [0.25, 0.3) is 0 Å². The Morgan fingerprint density at radius 1 is 0.478 bits per heavy atom. The molecule has 0 saturated heterocycles. The minimum Gasteiger partial charge on any atom is -0.503 e. The van der Waals surface area contributed by atoms with Crippen LogP contribution in [0.25, 0.3) is 72.5 Å². The van der Waals surface area contributed by atoms with Gasteiger partial charge in [-0.1, -0.05) is 124 Å². The van der Waals surface area contributed by atoms with E-state index in [4.69, 9.17) is 19.4 Å². The summed E-state index contributed by atoms with van der Waals surface area (Å²) in [6, 6.07) is 58.7. The van der Waals surface area contributed by atoms with Crippen molar-refractivity contribution in [2.24, 2.45) is 11.8 Å². The molecule has 0 spiro atoms. The number of pyridine rings is 2. The van der Waals surface area contributed by atoms with E-state index < -0.39 is 0 Å². The van der Waals surface area contributed by atoms with E-state index in [1.807, 2.05) is 89.8 Å². The van der Waals surface area contributed by atoms with E-state index in [0.29, 0.717) is 51.8 Å². The third kappa shape index (κ3) is 10.3. The van der Waals surface area contributed by atoms with E-state index in [-0.39, 0.29) is 40.8 Å². The Bertz CT molecular complexity index is 3090. The van der Waals surface area contributed by atoms with E-state index in [9.17, 15) is 0 Å². The molecule has 0 N–H and O–H groups in total. The molecular weight excluding hydrogens is 1010 g/mol. The summed E-state index contributed by atoms with van der Waals surface area (Å²) in [4.78, 5) is 22.9. The van der Waals surface area contributed by atoms with Gasteiger partial charge in [0, 0.05) is 46.5 Å². The molecule has 4 aromatic heterocycles. The molecule has 8 nitrogen and oxygen atoms in total. The van der Waals surface area contributed by atoms with Gasteiger partial charge >= 0.3 is 40.8 Å². The third-order valence-corrected chi connectivity index (χ3v) is 11.1. The van der Waals surface area contributed by atoms with Crippen molar-refractivity contribution < 1.29 is 50.3 Å². The largest absolute Gasteiger partial charge is 2.00 e. The molecule has 67 heavy (non-hydrogen) atoms. The normalized spacial score (nSPS) is 11.1. The van der Waals surface area contributed by atoms with E-state index >= 15 is 0 Å². The van der Waals surface area contributed by atoms with Crippen molar-refractivity contribution in [1.29, 1.82) is 0 Å². The summed E-state index contributed by atoms with van der Waals surface area (Å²) in [6.45, 7) is 8.95. The van der Waals surface area contributed by atoms with Crippen molar-refractivity contribution in [2.45, 2.75) is 40.5 Å². The first-order valence-corrected chi connectivity index (χ1v) is 21.9. The second kappa shape index (κ2) is 20.9. The number of aromatic nitrogens is 6.